The number of hydrogen-bond donors (Lipinski definition) is 1. The average molecular weight is 391 g/mol. The van der Waals surface area contributed by atoms with Crippen LogP contribution in [0.3, 0.4) is 0 Å². The Morgan fingerprint density at radius 1 is 0.964 bits per heavy atom. The van der Waals surface area contributed by atoms with E-state index < -0.39 is 5.79 Å². The first kappa shape index (κ1) is 19.5. The lowest BCUT2D eigenvalue weighted by Crippen LogP contribution is -2.58. The van der Waals surface area contributed by atoms with Crippen molar-refractivity contribution in [1.82, 2.24) is 0 Å². The normalized spacial score (nSPS) is 55.5. The van der Waals surface area contributed by atoms with Gasteiger partial charge in [0.15, 0.2) is 5.79 Å². The van der Waals surface area contributed by atoms with Crippen LogP contribution >= 0.6 is 0 Å². The van der Waals surface area contributed by atoms with Gasteiger partial charge in [-0.15, -0.1) is 0 Å². The largest absolute Gasteiger partial charge is 0.393 e. The van der Waals surface area contributed by atoms with Crippen molar-refractivity contribution >= 4 is 5.78 Å². The minimum Gasteiger partial charge on any atom is -0.393 e. The van der Waals surface area contributed by atoms with E-state index in [0.717, 1.165) is 19.3 Å². The fraction of sp³-hybridized carbons (Fsp3) is 0.958. The molecule has 9 atom stereocenters. The Morgan fingerprint density at radius 2 is 1.71 bits per heavy atom. The molecule has 0 spiro atoms. The molecule has 5 fully saturated rings. The maximum Gasteiger partial charge on any atom is 0.163 e. The van der Waals surface area contributed by atoms with Crippen molar-refractivity contribution in [3.63, 3.8) is 0 Å². The van der Waals surface area contributed by atoms with Crippen molar-refractivity contribution in [3.8, 4) is 0 Å². The molecule has 1 saturated heterocycles. The molecule has 0 aromatic heterocycles. The highest BCUT2D eigenvalue weighted by Gasteiger charge is 2.64. The third-order valence-corrected chi connectivity index (χ3v) is 9.87. The zero-order chi connectivity index (χ0) is 19.9. The molecular weight excluding hydrogens is 352 g/mol. The molecule has 4 saturated carbocycles. The first-order chi connectivity index (χ1) is 13.1. The van der Waals surface area contributed by atoms with Gasteiger partial charge in [-0.3, -0.25) is 4.79 Å². The Balaban J connectivity index is 1.43. The number of fused-ring (bicyclic) bond motifs is 5. The minimum absolute atomic E-state index is 0.0596. The van der Waals surface area contributed by atoms with E-state index in [2.05, 4.69) is 13.8 Å². The van der Waals surface area contributed by atoms with E-state index in [4.69, 9.17) is 9.47 Å². The van der Waals surface area contributed by atoms with Crippen molar-refractivity contribution < 1.29 is 19.4 Å². The smallest absolute Gasteiger partial charge is 0.163 e. The SMILES string of the molecule is CC1(C)OCC(C2CCC3C4CCC5C[C@H](O)CCC5(C)C4C(=O)CC23C)O1. The monoisotopic (exact) mass is 390 g/mol. The number of ether oxygens (including phenoxy) is 2. The molecule has 28 heavy (non-hydrogen) atoms. The maximum absolute atomic E-state index is 13.7. The molecule has 5 rings (SSSR count). The topological polar surface area (TPSA) is 55.8 Å². The third kappa shape index (κ3) is 2.70. The summed E-state index contributed by atoms with van der Waals surface area (Å²) in [6.07, 6.45) is 8.25. The molecule has 0 bridgehead atoms. The molecule has 1 N–H and O–H groups in total. The molecule has 0 amide bonds. The highest BCUT2D eigenvalue weighted by Crippen LogP contribution is 2.67. The molecule has 5 aliphatic rings. The Hall–Kier alpha value is -0.450. The fourth-order valence-corrected chi connectivity index (χ4v) is 8.61. The molecular formula is C24H38O4. The fourth-order valence-electron chi connectivity index (χ4n) is 8.61. The summed E-state index contributed by atoms with van der Waals surface area (Å²) in [5.41, 5.74) is 0.164. The molecule has 1 heterocycles. The number of carbonyl (C=O) groups excluding carboxylic acids is 1. The van der Waals surface area contributed by atoms with Crippen LogP contribution in [-0.4, -0.2) is 35.5 Å². The second kappa shape index (κ2) is 6.28. The maximum atomic E-state index is 13.7. The summed E-state index contributed by atoms with van der Waals surface area (Å²) >= 11 is 0. The van der Waals surface area contributed by atoms with Gasteiger partial charge in [0.1, 0.15) is 5.78 Å². The Bertz CT molecular complexity index is 659. The number of rotatable bonds is 1. The Morgan fingerprint density at radius 3 is 2.43 bits per heavy atom. The summed E-state index contributed by atoms with van der Waals surface area (Å²) in [6.45, 7) is 9.44. The predicted octanol–water partition coefficient (Wildman–Crippen LogP) is 4.34. The van der Waals surface area contributed by atoms with Crippen LogP contribution in [0.25, 0.3) is 0 Å². The lowest BCUT2D eigenvalue weighted by Gasteiger charge is -2.60. The summed E-state index contributed by atoms with van der Waals surface area (Å²) in [5.74, 6) is 2.36. The van der Waals surface area contributed by atoms with Gasteiger partial charge in [-0.1, -0.05) is 13.8 Å². The molecule has 158 valence electrons. The van der Waals surface area contributed by atoms with Crippen LogP contribution in [0.5, 0.6) is 0 Å². The lowest BCUT2D eigenvalue weighted by molar-refractivity contribution is -0.170. The average Bonchev–Trinajstić information content (AvgIpc) is 3.13. The van der Waals surface area contributed by atoms with Crippen LogP contribution in [0, 0.1) is 40.4 Å². The zero-order valence-corrected chi connectivity index (χ0v) is 18.1. The van der Waals surface area contributed by atoms with Gasteiger partial charge in [0.2, 0.25) is 0 Å². The van der Waals surface area contributed by atoms with Gasteiger partial charge in [-0.2, -0.15) is 0 Å². The first-order valence-corrected chi connectivity index (χ1v) is 11.7. The summed E-state index contributed by atoms with van der Waals surface area (Å²) in [6, 6.07) is 0. The molecule has 4 heteroatoms. The molecule has 0 radical (unpaired) electrons. The van der Waals surface area contributed by atoms with Crippen molar-refractivity contribution in [2.45, 2.75) is 97.1 Å². The predicted molar refractivity (Wildman–Crippen MR) is 107 cm³/mol. The van der Waals surface area contributed by atoms with E-state index in [1.54, 1.807) is 0 Å². The lowest BCUT2D eigenvalue weighted by atomic mass is 9.44. The van der Waals surface area contributed by atoms with Crippen LogP contribution in [-0.2, 0) is 14.3 Å². The first-order valence-electron chi connectivity index (χ1n) is 11.7. The van der Waals surface area contributed by atoms with Crippen molar-refractivity contribution in [2.75, 3.05) is 6.61 Å². The van der Waals surface area contributed by atoms with Gasteiger partial charge in [0, 0.05) is 12.3 Å². The molecule has 0 aromatic carbocycles. The second-order valence-electron chi connectivity index (χ2n) is 11.7. The summed E-state index contributed by atoms with van der Waals surface area (Å²) in [5, 5.41) is 10.2. The van der Waals surface area contributed by atoms with Gasteiger partial charge in [0.25, 0.3) is 0 Å². The number of Topliss-reactive ketones (excluding diaryl/α,β-unsaturated/α-hetero) is 1. The number of aliphatic hydroxyl groups excluding tert-OH is 1. The molecule has 4 nitrogen and oxygen atoms in total. The second-order valence-corrected chi connectivity index (χ2v) is 11.7. The van der Waals surface area contributed by atoms with E-state index >= 15 is 0 Å². The van der Waals surface area contributed by atoms with Crippen molar-refractivity contribution in [2.24, 2.45) is 40.4 Å². The quantitative estimate of drug-likeness (QED) is 0.724. The summed E-state index contributed by atoms with van der Waals surface area (Å²) < 4.78 is 12.2. The van der Waals surface area contributed by atoms with Gasteiger partial charge < -0.3 is 14.6 Å². The van der Waals surface area contributed by atoms with Gasteiger partial charge in [-0.05, 0) is 93.3 Å². The van der Waals surface area contributed by atoms with E-state index in [-0.39, 0.29) is 29.0 Å². The Labute approximate surface area is 169 Å². The standard InChI is InChI=1S/C24H38O4/c1-22(2)27-13-20(28-22)18-8-7-17-16-6-5-14-11-15(25)9-10-23(14,3)21(16)19(26)12-24(17,18)4/h14-18,20-21,25H,5-13H2,1-4H3/t14?,15-,16?,17?,18?,20?,21?,23?,24?/m1/s1. The van der Waals surface area contributed by atoms with Crippen LogP contribution in [0.4, 0.5) is 0 Å². The van der Waals surface area contributed by atoms with E-state index in [0.29, 0.717) is 42.5 Å². The van der Waals surface area contributed by atoms with Gasteiger partial charge in [-0.25, -0.2) is 0 Å². The van der Waals surface area contributed by atoms with Gasteiger partial charge >= 0.3 is 0 Å². The number of ketones is 1. The summed E-state index contributed by atoms with van der Waals surface area (Å²) in [7, 11) is 0. The van der Waals surface area contributed by atoms with E-state index in [1.165, 1.54) is 25.7 Å². The molecule has 1 aliphatic heterocycles. The van der Waals surface area contributed by atoms with Gasteiger partial charge in [0.05, 0.1) is 18.8 Å². The summed E-state index contributed by atoms with van der Waals surface area (Å²) in [4.78, 5) is 13.7. The molecule has 4 aliphatic carbocycles. The van der Waals surface area contributed by atoms with Crippen molar-refractivity contribution in [1.29, 1.82) is 0 Å². The number of carbonyl (C=O) groups is 1. The Kier molecular flexibility index (Phi) is 4.37. The van der Waals surface area contributed by atoms with Crippen LogP contribution in [0.1, 0.15) is 79.1 Å². The molecule has 0 aromatic rings. The van der Waals surface area contributed by atoms with E-state index in [9.17, 15) is 9.90 Å². The van der Waals surface area contributed by atoms with Crippen molar-refractivity contribution in [3.05, 3.63) is 0 Å². The highest BCUT2D eigenvalue weighted by atomic mass is 16.7. The number of hydrogen-bond acceptors (Lipinski definition) is 4. The van der Waals surface area contributed by atoms with Crippen LogP contribution in [0.2, 0.25) is 0 Å². The van der Waals surface area contributed by atoms with E-state index in [1.807, 2.05) is 13.8 Å². The molecule has 8 unspecified atom stereocenters. The minimum atomic E-state index is -0.491. The third-order valence-electron chi connectivity index (χ3n) is 9.87. The van der Waals surface area contributed by atoms with Crippen LogP contribution < -0.4 is 0 Å². The highest BCUT2D eigenvalue weighted by molar-refractivity contribution is 5.84. The zero-order valence-electron chi connectivity index (χ0n) is 18.1. The number of aliphatic hydroxyl groups is 1. The van der Waals surface area contributed by atoms with Crippen LogP contribution in [0.15, 0.2) is 0 Å².